The van der Waals surface area contributed by atoms with Gasteiger partial charge in [-0.05, 0) is 32.1 Å². The van der Waals surface area contributed by atoms with Gasteiger partial charge in [-0.15, -0.1) is 0 Å². The molecule has 1 unspecified atom stereocenters. The second-order valence-corrected chi connectivity index (χ2v) is 5.64. The van der Waals surface area contributed by atoms with E-state index in [1.807, 2.05) is 32.8 Å². The van der Waals surface area contributed by atoms with Crippen LogP contribution in [0.1, 0.15) is 19.9 Å². The highest BCUT2D eigenvalue weighted by Gasteiger charge is 2.24. The lowest BCUT2D eigenvalue weighted by Gasteiger charge is -2.27. The molecule has 2 N–H and O–H groups in total. The average molecular weight is 282 g/mol. The predicted octanol–water partition coefficient (Wildman–Crippen LogP) is 2.66. The molecule has 1 aromatic carbocycles. The summed E-state index contributed by atoms with van der Waals surface area (Å²) in [6.45, 7) is 4.72. The molecule has 1 heterocycles. The van der Waals surface area contributed by atoms with Crippen molar-refractivity contribution in [3.63, 3.8) is 0 Å². The van der Waals surface area contributed by atoms with Crippen LogP contribution >= 0.6 is 0 Å². The molecule has 0 aliphatic heterocycles. The minimum Gasteiger partial charge on any atom is -0.369 e. The lowest BCUT2D eigenvalue weighted by Crippen LogP contribution is -2.29. The molecule has 2 aromatic rings. The van der Waals surface area contributed by atoms with Crippen molar-refractivity contribution >= 4 is 17.0 Å². The molecule has 0 aliphatic carbocycles. The molecular weight excluding hydrogens is 262 g/mol. The quantitative estimate of drug-likeness (QED) is 0.937. The average Bonchev–Trinajstić information content (AvgIpc) is 2.67. The van der Waals surface area contributed by atoms with Crippen molar-refractivity contribution in [3.8, 4) is 0 Å². The molecule has 1 atom stereocenters. The summed E-state index contributed by atoms with van der Waals surface area (Å²) < 4.78 is 29.2. The number of anilines is 1. The number of nitrogen functional groups attached to an aromatic ring is 1. The Morgan fingerprint density at radius 1 is 1.30 bits per heavy atom. The minimum atomic E-state index is -0.892. The summed E-state index contributed by atoms with van der Waals surface area (Å²) in [5.74, 6) is -1.35. The third-order valence-electron chi connectivity index (χ3n) is 3.42. The van der Waals surface area contributed by atoms with Gasteiger partial charge in [0.2, 0.25) is 5.95 Å². The Balaban J connectivity index is 2.67. The van der Waals surface area contributed by atoms with Crippen LogP contribution in [0.3, 0.4) is 0 Å². The summed E-state index contributed by atoms with van der Waals surface area (Å²) in [6.07, 6.45) is 0. The fourth-order valence-corrected chi connectivity index (χ4v) is 2.44. The van der Waals surface area contributed by atoms with Crippen molar-refractivity contribution in [2.24, 2.45) is 5.92 Å². The monoisotopic (exact) mass is 282 g/mol. The number of imidazole rings is 1. The largest absolute Gasteiger partial charge is 0.369 e. The smallest absolute Gasteiger partial charge is 0.201 e. The van der Waals surface area contributed by atoms with E-state index in [0.717, 1.165) is 6.07 Å². The standard InChI is InChI=1S/C14H20F2N4/c1-8(2)11(7-19(3)4)20-13-10(18-14(20)17)6-5-9(15)12(13)16/h5-6,8,11H,7H2,1-4H3,(H2,17,18). The van der Waals surface area contributed by atoms with Crippen LogP contribution in [0.4, 0.5) is 14.7 Å². The second kappa shape index (κ2) is 5.36. The van der Waals surface area contributed by atoms with E-state index < -0.39 is 11.6 Å². The number of halogens is 2. The number of hydrogen-bond donors (Lipinski definition) is 1. The van der Waals surface area contributed by atoms with Gasteiger partial charge in [0.05, 0.1) is 11.6 Å². The van der Waals surface area contributed by atoms with Crippen LogP contribution in [0.25, 0.3) is 11.0 Å². The zero-order chi connectivity index (χ0) is 15.0. The van der Waals surface area contributed by atoms with Crippen LogP contribution in [0, 0.1) is 17.6 Å². The number of benzene rings is 1. The summed E-state index contributed by atoms with van der Waals surface area (Å²) >= 11 is 0. The van der Waals surface area contributed by atoms with Crippen molar-refractivity contribution in [1.29, 1.82) is 0 Å². The van der Waals surface area contributed by atoms with E-state index in [-0.39, 0.29) is 23.4 Å². The molecule has 2 rings (SSSR count). The maximum atomic E-state index is 14.1. The summed E-state index contributed by atoms with van der Waals surface area (Å²) in [6, 6.07) is 2.45. The van der Waals surface area contributed by atoms with Crippen molar-refractivity contribution < 1.29 is 8.78 Å². The highest BCUT2D eigenvalue weighted by molar-refractivity contribution is 5.79. The van der Waals surface area contributed by atoms with Crippen molar-refractivity contribution in [2.45, 2.75) is 19.9 Å². The van der Waals surface area contributed by atoms with E-state index in [2.05, 4.69) is 4.98 Å². The zero-order valence-corrected chi connectivity index (χ0v) is 12.2. The minimum absolute atomic E-state index is 0.0775. The SMILES string of the molecule is CC(C)C(CN(C)C)n1c(N)nc2ccc(F)c(F)c21. The molecule has 0 fully saturated rings. The van der Waals surface area contributed by atoms with Crippen LogP contribution in [0.2, 0.25) is 0 Å². The van der Waals surface area contributed by atoms with Gasteiger partial charge in [0.1, 0.15) is 5.52 Å². The van der Waals surface area contributed by atoms with Gasteiger partial charge >= 0.3 is 0 Å². The number of rotatable bonds is 4. The Hall–Kier alpha value is -1.69. The van der Waals surface area contributed by atoms with E-state index >= 15 is 0 Å². The van der Waals surface area contributed by atoms with E-state index in [1.54, 1.807) is 4.57 Å². The number of likely N-dealkylation sites (N-methyl/N-ethyl adjacent to an activating group) is 1. The number of fused-ring (bicyclic) bond motifs is 1. The Kier molecular flexibility index (Phi) is 3.94. The van der Waals surface area contributed by atoms with E-state index in [9.17, 15) is 8.78 Å². The van der Waals surface area contributed by atoms with Crippen molar-refractivity contribution in [2.75, 3.05) is 26.4 Å². The highest BCUT2D eigenvalue weighted by Crippen LogP contribution is 2.30. The summed E-state index contributed by atoms with van der Waals surface area (Å²) in [7, 11) is 3.86. The van der Waals surface area contributed by atoms with Crippen LogP contribution < -0.4 is 5.73 Å². The molecule has 0 saturated carbocycles. The molecule has 6 heteroatoms. The van der Waals surface area contributed by atoms with E-state index in [4.69, 9.17) is 5.73 Å². The lowest BCUT2D eigenvalue weighted by atomic mass is 10.0. The first-order valence-corrected chi connectivity index (χ1v) is 6.59. The summed E-state index contributed by atoms with van der Waals surface area (Å²) in [4.78, 5) is 6.13. The van der Waals surface area contributed by atoms with Gasteiger partial charge in [0.25, 0.3) is 0 Å². The van der Waals surface area contributed by atoms with Crippen molar-refractivity contribution in [1.82, 2.24) is 14.5 Å². The fourth-order valence-electron chi connectivity index (χ4n) is 2.44. The van der Waals surface area contributed by atoms with E-state index in [0.29, 0.717) is 12.1 Å². The maximum Gasteiger partial charge on any atom is 0.201 e. The van der Waals surface area contributed by atoms with Crippen LogP contribution in [-0.2, 0) is 0 Å². The molecule has 0 radical (unpaired) electrons. The topological polar surface area (TPSA) is 47.1 Å². The molecule has 1 aromatic heterocycles. The third kappa shape index (κ3) is 2.47. The molecule has 4 nitrogen and oxygen atoms in total. The number of nitrogens with zero attached hydrogens (tertiary/aromatic N) is 3. The molecular formula is C14H20F2N4. The fraction of sp³-hybridized carbons (Fsp3) is 0.500. The Bertz CT molecular complexity index is 619. The first-order chi connectivity index (χ1) is 9.32. The van der Waals surface area contributed by atoms with Gasteiger partial charge in [0, 0.05) is 6.54 Å². The van der Waals surface area contributed by atoms with Gasteiger partial charge in [-0.25, -0.2) is 13.8 Å². The van der Waals surface area contributed by atoms with Crippen LogP contribution in [0.15, 0.2) is 12.1 Å². The third-order valence-corrected chi connectivity index (χ3v) is 3.42. The first-order valence-electron chi connectivity index (χ1n) is 6.59. The van der Waals surface area contributed by atoms with Crippen LogP contribution in [-0.4, -0.2) is 35.1 Å². The normalized spacial score (nSPS) is 13.6. The second-order valence-electron chi connectivity index (χ2n) is 5.64. The van der Waals surface area contributed by atoms with Crippen LogP contribution in [0.5, 0.6) is 0 Å². The number of aromatic nitrogens is 2. The highest BCUT2D eigenvalue weighted by atomic mass is 19.2. The molecule has 0 spiro atoms. The molecule has 0 aliphatic rings. The van der Waals surface area contributed by atoms with Gasteiger partial charge in [-0.2, -0.15) is 0 Å². The van der Waals surface area contributed by atoms with Gasteiger partial charge < -0.3 is 15.2 Å². The first kappa shape index (κ1) is 14.7. The molecule has 0 bridgehead atoms. The van der Waals surface area contributed by atoms with Gasteiger partial charge in [0.15, 0.2) is 11.6 Å². The number of hydrogen-bond acceptors (Lipinski definition) is 3. The lowest BCUT2D eigenvalue weighted by molar-refractivity contribution is 0.274. The van der Waals surface area contributed by atoms with Gasteiger partial charge in [-0.1, -0.05) is 13.8 Å². The summed E-state index contributed by atoms with van der Waals surface area (Å²) in [5, 5.41) is 0. The molecule has 110 valence electrons. The summed E-state index contributed by atoms with van der Waals surface area (Å²) in [5.41, 5.74) is 6.45. The predicted molar refractivity (Wildman–Crippen MR) is 76.5 cm³/mol. The molecule has 0 saturated heterocycles. The van der Waals surface area contributed by atoms with Gasteiger partial charge in [-0.3, -0.25) is 0 Å². The molecule has 20 heavy (non-hydrogen) atoms. The molecule has 0 amide bonds. The van der Waals surface area contributed by atoms with E-state index in [1.165, 1.54) is 6.07 Å². The van der Waals surface area contributed by atoms with Crippen molar-refractivity contribution in [3.05, 3.63) is 23.8 Å². The Morgan fingerprint density at radius 3 is 2.50 bits per heavy atom. The Labute approximate surface area is 117 Å². The Morgan fingerprint density at radius 2 is 1.95 bits per heavy atom. The maximum absolute atomic E-state index is 14.1. The number of nitrogens with two attached hydrogens (primary N) is 1. The zero-order valence-electron chi connectivity index (χ0n) is 12.2.